The van der Waals surface area contributed by atoms with Crippen LogP contribution in [0.25, 0.3) is 0 Å². The van der Waals surface area contributed by atoms with Crippen molar-refractivity contribution in [3.8, 4) is 0 Å². The molecule has 0 unspecified atom stereocenters. The molecule has 0 aromatic carbocycles. The number of nitrogens with one attached hydrogen (secondary N) is 3. The van der Waals surface area contributed by atoms with Gasteiger partial charge in [-0.25, -0.2) is 4.98 Å². The van der Waals surface area contributed by atoms with Gasteiger partial charge in [0.2, 0.25) is 0 Å². The Labute approximate surface area is 78.1 Å². The van der Waals surface area contributed by atoms with Crippen LogP contribution in [-0.2, 0) is 6.54 Å². The molecule has 0 saturated carbocycles. The number of imidazole rings is 1. The van der Waals surface area contributed by atoms with Gasteiger partial charge in [-0.05, 0) is 5.21 Å². The molecular weight excluding hydrogens is 186 g/mol. The summed E-state index contributed by atoms with van der Waals surface area (Å²) in [5, 5.41) is 15.1. The van der Waals surface area contributed by atoms with Crippen molar-refractivity contribution in [2.45, 2.75) is 6.54 Å². The van der Waals surface area contributed by atoms with Gasteiger partial charge in [0.1, 0.15) is 0 Å². The number of hydrogen-bond donors (Lipinski definition) is 3. The van der Waals surface area contributed by atoms with Crippen LogP contribution in [0.4, 0.5) is 0 Å². The highest BCUT2D eigenvalue weighted by Crippen LogP contribution is 1.90. The van der Waals surface area contributed by atoms with Crippen molar-refractivity contribution in [3.05, 3.63) is 24.0 Å². The summed E-state index contributed by atoms with van der Waals surface area (Å²) in [6, 6.07) is 0. The molecule has 0 saturated heterocycles. The molecule has 2 rings (SSSR count). The Bertz CT molecular complexity index is 392. The first kappa shape index (κ1) is 8.35. The molecule has 0 aliphatic carbocycles. The smallest absolute Gasteiger partial charge is 0.293 e. The Morgan fingerprint density at radius 2 is 2.50 bits per heavy atom. The number of nitrogens with zero attached hydrogens (tertiary/aromatic N) is 4. The molecule has 8 heteroatoms. The molecule has 0 atom stereocenters. The van der Waals surface area contributed by atoms with Gasteiger partial charge in [-0.2, -0.15) is 5.21 Å². The van der Waals surface area contributed by atoms with E-state index in [9.17, 15) is 4.79 Å². The van der Waals surface area contributed by atoms with Crippen molar-refractivity contribution in [2.24, 2.45) is 0 Å². The molecule has 8 nitrogen and oxygen atoms in total. The lowest BCUT2D eigenvalue weighted by Crippen LogP contribution is -2.24. The quantitative estimate of drug-likeness (QED) is 0.570. The van der Waals surface area contributed by atoms with E-state index in [1.165, 1.54) is 6.33 Å². The number of carbonyl (C=O) groups is 1. The van der Waals surface area contributed by atoms with Crippen LogP contribution in [0.5, 0.6) is 0 Å². The van der Waals surface area contributed by atoms with E-state index in [1.54, 1.807) is 6.20 Å². The van der Waals surface area contributed by atoms with Crippen molar-refractivity contribution < 1.29 is 4.79 Å². The monoisotopic (exact) mass is 193 g/mol. The third kappa shape index (κ3) is 1.73. The summed E-state index contributed by atoms with van der Waals surface area (Å²) < 4.78 is 0. The van der Waals surface area contributed by atoms with Crippen LogP contribution in [-0.4, -0.2) is 36.5 Å². The van der Waals surface area contributed by atoms with Crippen molar-refractivity contribution >= 4 is 5.91 Å². The lowest BCUT2D eigenvalue weighted by molar-refractivity contribution is 0.0940. The fourth-order valence-corrected chi connectivity index (χ4v) is 0.894. The van der Waals surface area contributed by atoms with Gasteiger partial charge < -0.3 is 10.3 Å². The molecule has 2 aromatic rings. The molecule has 14 heavy (non-hydrogen) atoms. The van der Waals surface area contributed by atoms with E-state index in [2.05, 4.69) is 35.9 Å². The third-order valence-corrected chi connectivity index (χ3v) is 1.54. The number of carbonyl (C=O) groups excluding carboxylic acids is 1. The fraction of sp³-hybridized carbons (Fsp3) is 0.167. The standard InChI is InChI=1S/C6H7N7O/c14-6(5-10-12-13-11-5)8-2-4-1-7-3-9-4/h1,3H,2H2,(H,7,9)(H,8,14)(H,10,11,12,13). The summed E-state index contributed by atoms with van der Waals surface area (Å²) in [6.07, 6.45) is 3.16. The average molecular weight is 193 g/mol. The van der Waals surface area contributed by atoms with Crippen molar-refractivity contribution in [1.29, 1.82) is 0 Å². The zero-order chi connectivity index (χ0) is 9.80. The first-order chi connectivity index (χ1) is 6.86. The number of tetrazole rings is 1. The highest BCUT2D eigenvalue weighted by Gasteiger charge is 2.09. The Morgan fingerprint density at radius 1 is 1.57 bits per heavy atom. The Balaban J connectivity index is 1.90. The fourth-order valence-electron chi connectivity index (χ4n) is 0.894. The molecule has 72 valence electrons. The van der Waals surface area contributed by atoms with Gasteiger partial charge in [0, 0.05) is 6.20 Å². The van der Waals surface area contributed by atoms with Crippen molar-refractivity contribution in [3.63, 3.8) is 0 Å². The third-order valence-electron chi connectivity index (χ3n) is 1.54. The van der Waals surface area contributed by atoms with E-state index in [1.807, 2.05) is 0 Å². The first-order valence-electron chi connectivity index (χ1n) is 3.85. The Morgan fingerprint density at radius 3 is 3.14 bits per heavy atom. The summed E-state index contributed by atoms with van der Waals surface area (Å²) in [7, 11) is 0. The topological polar surface area (TPSA) is 112 Å². The van der Waals surface area contributed by atoms with E-state index in [-0.39, 0.29) is 11.7 Å². The summed E-state index contributed by atoms with van der Waals surface area (Å²) in [5.74, 6) is -0.363. The number of hydrogen-bond acceptors (Lipinski definition) is 5. The lowest BCUT2D eigenvalue weighted by atomic mass is 10.4. The van der Waals surface area contributed by atoms with Gasteiger partial charge in [0.25, 0.3) is 11.7 Å². The van der Waals surface area contributed by atoms with Gasteiger partial charge in [-0.15, -0.1) is 10.2 Å². The van der Waals surface area contributed by atoms with E-state index < -0.39 is 0 Å². The molecule has 0 aliphatic heterocycles. The minimum Gasteiger partial charge on any atom is -0.347 e. The minimum atomic E-state index is -0.381. The normalized spacial score (nSPS) is 10.0. The van der Waals surface area contributed by atoms with Crippen LogP contribution in [0, 0.1) is 0 Å². The highest BCUT2D eigenvalue weighted by molar-refractivity contribution is 5.89. The van der Waals surface area contributed by atoms with Gasteiger partial charge in [0.15, 0.2) is 0 Å². The maximum absolute atomic E-state index is 11.3. The predicted octanol–water partition coefficient (Wildman–Crippen LogP) is -1.15. The summed E-state index contributed by atoms with van der Waals surface area (Å²) in [6.45, 7) is 0.355. The zero-order valence-electron chi connectivity index (χ0n) is 7.06. The summed E-state index contributed by atoms with van der Waals surface area (Å²) >= 11 is 0. The van der Waals surface area contributed by atoms with E-state index in [0.717, 1.165) is 5.69 Å². The second-order valence-electron chi connectivity index (χ2n) is 2.49. The largest absolute Gasteiger partial charge is 0.347 e. The summed E-state index contributed by atoms with van der Waals surface area (Å²) in [5.41, 5.74) is 0.807. The van der Waals surface area contributed by atoms with Crippen LogP contribution in [0.15, 0.2) is 12.5 Å². The first-order valence-corrected chi connectivity index (χ1v) is 3.85. The average Bonchev–Trinajstić information content (AvgIpc) is 2.87. The second kappa shape index (κ2) is 3.64. The van der Waals surface area contributed by atoms with Crippen LogP contribution in [0.2, 0.25) is 0 Å². The van der Waals surface area contributed by atoms with Crippen molar-refractivity contribution in [2.75, 3.05) is 0 Å². The van der Waals surface area contributed by atoms with E-state index >= 15 is 0 Å². The van der Waals surface area contributed by atoms with E-state index in [4.69, 9.17) is 0 Å². The minimum absolute atomic E-state index is 0.0181. The SMILES string of the molecule is O=C(NCc1cnc[nH]1)c1nn[nH]n1. The van der Waals surface area contributed by atoms with Crippen LogP contribution in [0.3, 0.4) is 0 Å². The highest BCUT2D eigenvalue weighted by atomic mass is 16.2. The van der Waals surface area contributed by atoms with E-state index in [0.29, 0.717) is 6.54 Å². The Kier molecular flexibility index (Phi) is 2.17. The van der Waals surface area contributed by atoms with Gasteiger partial charge in [0.05, 0.1) is 18.6 Å². The molecule has 0 bridgehead atoms. The lowest BCUT2D eigenvalue weighted by Gasteiger charge is -1.98. The van der Waals surface area contributed by atoms with Crippen LogP contribution < -0.4 is 5.32 Å². The predicted molar refractivity (Wildman–Crippen MR) is 43.9 cm³/mol. The molecule has 0 fully saturated rings. The molecule has 1 amide bonds. The number of amides is 1. The number of aromatic nitrogens is 6. The maximum Gasteiger partial charge on any atom is 0.293 e. The molecule has 2 heterocycles. The van der Waals surface area contributed by atoms with Gasteiger partial charge >= 0.3 is 0 Å². The van der Waals surface area contributed by atoms with Crippen LogP contribution in [0.1, 0.15) is 16.3 Å². The van der Waals surface area contributed by atoms with Gasteiger partial charge in [-0.1, -0.05) is 0 Å². The number of H-pyrrole nitrogens is 2. The Hall–Kier alpha value is -2.25. The maximum atomic E-state index is 11.3. The van der Waals surface area contributed by atoms with Gasteiger partial charge in [-0.3, -0.25) is 4.79 Å². The molecular formula is C6H7N7O. The molecule has 0 radical (unpaired) electrons. The zero-order valence-corrected chi connectivity index (χ0v) is 7.06. The molecule has 0 aliphatic rings. The number of aromatic amines is 2. The molecule has 0 spiro atoms. The summed E-state index contributed by atoms with van der Waals surface area (Å²) in [4.78, 5) is 17.9. The van der Waals surface area contributed by atoms with Crippen molar-refractivity contribution in [1.82, 2.24) is 35.9 Å². The van der Waals surface area contributed by atoms with Crippen LogP contribution >= 0.6 is 0 Å². The second-order valence-corrected chi connectivity index (χ2v) is 2.49. The number of rotatable bonds is 3. The molecule has 2 aromatic heterocycles. The molecule has 3 N–H and O–H groups in total.